The molecule has 0 radical (unpaired) electrons. The molecule has 158 valence electrons. The van der Waals surface area contributed by atoms with Crippen LogP contribution >= 0.6 is 0 Å². The van der Waals surface area contributed by atoms with Gasteiger partial charge in [-0.15, -0.1) is 10.2 Å². The van der Waals surface area contributed by atoms with Crippen molar-refractivity contribution in [2.45, 2.75) is 13.0 Å². The van der Waals surface area contributed by atoms with E-state index >= 15 is 0 Å². The monoisotopic (exact) mass is 412 g/mol. The number of benzene rings is 2. The van der Waals surface area contributed by atoms with Gasteiger partial charge < -0.3 is 24.7 Å². The van der Waals surface area contributed by atoms with Crippen molar-refractivity contribution in [3.8, 4) is 34.4 Å². The average molecular weight is 412 g/mol. The van der Waals surface area contributed by atoms with Crippen LogP contribution in [0.3, 0.4) is 0 Å². The van der Waals surface area contributed by atoms with Crippen molar-refractivity contribution in [3.05, 3.63) is 35.4 Å². The third-order valence-electron chi connectivity index (χ3n) is 5.15. The Labute approximate surface area is 174 Å². The van der Waals surface area contributed by atoms with Crippen LogP contribution in [0.1, 0.15) is 11.1 Å². The molecule has 0 spiro atoms. The van der Waals surface area contributed by atoms with Crippen LogP contribution in [-0.2, 0) is 13.0 Å². The number of tetrazole rings is 1. The molecular formula is C20H24N6O4. The largest absolute Gasteiger partial charge is 0.493 e. The molecule has 30 heavy (non-hydrogen) atoms. The number of hydrogen-bond donors (Lipinski definition) is 1. The highest BCUT2D eigenvalue weighted by molar-refractivity contribution is 5.75. The minimum absolute atomic E-state index is 0.409. The number of rotatable bonds is 6. The summed E-state index contributed by atoms with van der Waals surface area (Å²) in [7, 11) is 6.39. The molecule has 3 aromatic rings. The molecule has 0 amide bonds. The fourth-order valence-electron chi connectivity index (χ4n) is 3.54. The van der Waals surface area contributed by atoms with E-state index in [1.165, 1.54) is 10.5 Å². The van der Waals surface area contributed by atoms with Gasteiger partial charge in [0.05, 0.1) is 35.0 Å². The van der Waals surface area contributed by atoms with Crippen LogP contribution in [0.4, 0.5) is 5.69 Å². The lowest BCUT2D eigenvalue weighted by molar-refractivity contribution is 0.352. The number of nitrogens with two attached hydrogens (primary N) is 1. The highest BCUT2D eigenvalue weighted by Crippen LogP contribution is 2.36. The Morgan fingerprint density at radius 3 is 2.10 bits per heavy atom. The lowest BCUT2D eigenvalue weighted by Gasteiger charge is -2.29. The van der Waals surface area contributed by atoms with Gasteiger partial charge in [-0.25, -0.2) is 0 Å². The summed E-state index contributed by atoms with van der Waals surface area (Å²) in [6.07, 6.45) is 0.824. The molecule has 1 aromatic heterocycles. The number of hydrogen-bond acceptors (Lipinski definition) is 9. The van der Waals surface area contributed by atoms with Crippen LogP contribution in [0.5, 0.6) is 23.0 Å². The van der Waals surface area contributed by atoms with Crippen molar-refractivity contribution in [2.24, 2.45) is 0 Å². The van der Waals surface area contributed by atoms with Crippen LogP contribution < -0.4 is 29.7 Å². The molecule has 2 heterocycles. The Morgan fingerprint density at radius 2 is 1.43 bits per heavy atom. The van der Waals surface area contributed by atoms with E-state index in [0.29, 0.717) is 40.9 Å². The van der Waals surface area contributed by atoms with Crippen LogP contribution in [0, 0.1) is 0 Å². The molecule has 0 saturated heterocycles. The number of anilines is 1. The van der Waals surface area contributed by atoms with Gasteiger partial charge in [0.2, 0.25) is 5.82 Å². The van der Waals surface area contributed by atoms with Crippen LogP contribution in [0.25, 0.3) is 11.4 Å². The summed E-state index contributed by atoms with van der Waals surface area (Å²) in [5.74, 6) is 2.93. The first-order valence-corrected chi connectivity index (χ1v) is 9.38. The molecule has 10 nitrogen and oxygen atoms in total. The molecule has 0 atom stereocenters. The Bertz CT molecular complexity index is 1070. The van der Waals surface area contributed by atoms with Crippen molar-refractivity contribution in [1.29, 1.82) is 0 Å². The van der Waals surface area contributed by atoms with Crippen LogP contribution in [-0.4, -0.2) is 55.3 Å². The van der Waals surface area contributed by atoms with E-state index in [9.17, 15) is 0 Å². The molecule has 4 rings (SSSR count). The van der Waals surface area contributed by atoms with E-state index in [2.05, 4.69) is 15.4 Å². The summed E-state index contributed by atoms with van der Waals surface area (Å²) in [6, 6.07) is 7.45. The molecule has 2 aromatic carbocycles. The van der Waals surface area contributed by atoms with Crippen LogP contribution in [0.15, 0.2) is 24.3 Å². The minimum atomic E-state index is 0.409. The van der Waals surface area contributed by atoms with Crippen molar-refractivity contribution < 1.29 is 18.9 Å². The maximum absolute atomic E-state index is 6.17. The molecule has 1 aliphatic heterocycles. The fraction of sp³-hybridized carbons (Fsp3) is 0.350. The number of ether oxygens (including phenoxy) is 4. The van der Waals surface area contributed by atoms with Gasteiger partial charge in [-0.3, -0.25) is 5.01 Å². The molecule has 0 unspecified atom stereocenters. The second-order valence-corrected chi connectivity index (χ2v) is 6.79. The molecule has 0 bridgehead atoms. The quantitative estimate of drug-likeness (QED) is 0.604. The third kappa shape index (κ3) is 3.40. The smallest absolute Gasteiger partial charge is 0.209 e. The second-order valence-electron chi connectivity index (χ2n) is 6.79. The third-order valence-corrected chi connectivity index (χ3v) is 5.15. The summed E-state index contributed by atoms with van der Waals surface area (Å²) in [4.78, 5) is 1.51. The number of fused-ring (bicyclic) bond motifs is 1. The van der Waals surface area contributed by atoms with Crippen molar-refractivity contribution in [2.75, 3.05) is 45.7 Å². The zero-order valence-electron chi connectivity index (χ0n) is 17.4. The zero-order valence-corrected chi connectivity index (χ0v) is 17.4. The topological polar surface area (TPSA) is 110 Å². The maximum atomic E-state index is 6.17. The van der Waals surface area contributed by atoms with Gasteiger partial charge in [0.25, 0.3) is 0 Å². The predicted molar refractivity (Wildman–Crippen MR) is 111 cm³/mol. The van der Waals surface area contributed by atoms with Gasteiger partial charge in [0.1, 0.15) is 0 Å². The van der Waals surface area contributed by atoms with Crippen LogP contribution in [0.2, 0.25) is 0 Å². The Hall–Kier alpha value is -3.69. The molecule has 0 aliphatic carbocycles. The maximum Gasteiger partial charge on any atom is 0.209 e. The standard InChI is InChI=1S/C20H24N6O4/c1-27-16-7-12-5-6-25(11-13(12)8-17(16)28-2)26-23-20(22-24-26)14-9-18(29-3)19(30-4)10-15(14)21/h7-10H,5-6,11,21H2,1-4H3. The molecule has 1 aliphatic rings. The van der Waals surface area contributed by atoms with Crippen molar-refractivity contribution >= 4 is 5.69 Å². The molecule has 0 fully saturated rings. The summed E-state index contributed by atoms with van der Waals surface area (Å²) >= 11 is 0. The summed E-state index contributed by atoms with van der Waals surface area (Å²) in [5.41, 5.74) is 9.62. The lowest BCUT2D eigenvalue weighted by Crippen LogP contribution is -2.40. The Balaban J connectivity index is 1.61. The van der Waals surface area contributed by atoms with E-state index in [0.717, 1.165) is 24.3 Å². The van der Waals surface area contributed by atoms with Gasteiger partial charge in [0, 0.05) is 23.9 Å². The molecular weight excluding hydrogens is 388 g/mol. The van der Waals surface area contributed by atoms with E-state index in [1.807, 2.05) is 17.1 Å². The first-order valence-electron chi connectivity index (χ1n) is 9.38. The predicted octanol–water partition coefficient (Wildman–Crippen LogP) is 1.65. The highest BCUT2D eigenvalue weighted by Gasteiger charge is 2.22. The van der Waals surface area contributed by atoms with Gasteiger partial charge in [0.15, 0.2) is 23.0 Å². The lowest BCUT2D eigenvalue weighted by atomic mass is 10.00. The van der Waals surface area contributed by atoms with Gasteiger partial charge in [-0.05, 0) is 41.0 Å². The number of aromatic nitrogens is 4. The number of methoxy groups -OCH3 is 4. The SMILES string of the molecule is COc1cc(N)c(-c2nnn(N3CCc4cc(OC)c(OC)cc4C3)n2)cc1OC. The molecule has 2 N–H and O–H groups in total. The molecule has 0 saturated carbocycles. The van der Waals surface area contributed by atoms with Gasteiger partial charge in [-0.1, -0.05) is 4.91 Å². The first-order chi connectivity index (χ1) is 14.6. The molecule has 10 heteroatoms. The number of nitrogen functional groups attached to an aromatic ring is 1. The van der Waals surface area contributed by atoms with E-state index in [-0.39, 0.29) is 0 Å². The van der Waals surface area contributed by atoms with Crippen molar-refractivity contribution in [3.63, 3.8) is 0 Å². The minimum Gasteiger partial charge on any atom is -0.493 e. The van der Waals surface area contributed by atoms with E-state index < -0.39 is 0 Å². The van der Waals surface area contributed by atoms with E-state index in [4.69, 9.17) is 24.7 Å². The zero-order chi connectivity index (χ0) is 21.3. The summed E-state index contributed by atoms with van der Waals surface area (Å²) in [5, 5.41) is 14.9. The normalized spacial score (nSPS) is 13.0. The Kier molecular flexibility index (Phi) is 5.21. The second kappa shape index (κ2) is 7.97. The van der Waals surface area contributed by atoms with Gasteiger partial charge in [-0.2, -0.15) is 0 Å². The van der Waals surface area contributed by atoms with E-state index in [1.54, 1.807) is 40.6 Å². The van der Waals surface area contributed by atoms with Gasteiger partial charge >= 0.3 is 0 Å². The first kappa shape index (κ1) is 19.6. The fourth-order valence-corrected chi connectivity index (χ4v) is 3.54. The van der Waals surface area contributed by atoms with Crippen molar-refractivity contribution in [1.82, 2.24) is 20.3 Å². The summed E-state index contributed by atoms with van der Waals surface area (Å²) < 4.78 is 21.5. The Morgan fingerprint density at radius 1 is 0.833 bits per heavy atom. The summed E-state index contributed by atoms with van der Waals surface area (Å²) in [6.45, 7) is 1.35. The highest BCUT2D eigenvalue weighted by atomic mass is 16.5. The number of nitrogens with zero attached hydrogens (tertiary/aromatic N) is 5. The average Bonchev–Trinajstić information content (AvgIpc) is 3.27.